The van der Waals surface area contributed by atoms with Crippen LogP contribution in [-0.4, -0.2) is 24.1 Å². The molecule has 15 heavy (non-hydrogen) atoms. The molecule has 1 aliphatic rings. The number of nitrogens with two attached hydrogens (primary N) is 1. The number of benzene rings is 1. The molecule has 1 aromatic rings. The normalized spacial score (nSPS) is 22.1. The first-order valence-electron chi connectivity index (χ1n) is 5.50. The van der Waals surface area contributed by atoms with Gasteiger partial charge < -0.3 is 4.84 Å². The average Bonchev–Trinajstić information content (AvgIpc) is 2.68. The monoisotopic (exact) mass is 206 g/mol. The van der Waals surface area contributed by atoms with Crippen LogP contribution >= 0.6 is 0 Å². The van der Waals surface area contributed by atoms with E-state index in [2.05, 4.69) is 29.2 Å². The maximum absolute atomic E-state index is 5.14. The maximum atomic E-state index is 5.14. The van der Waals surface area contributed by atoms with E-state index in [4.69, 9.17) is 10.7 Å². The zero-order valence-corrected chi connectivity index (χ0v) is 8.93. The Morgan fingerprint density at radius 3 is 2.87 bits per heavy atom. The van der Waals surface area contributed by atoms with Gasteiger partial charge in [0.1, 0.15) is 0 Å². The van der Waals surface area contributed by atoms with Crippen LogP contribution in [0.15, 0.2) is 30.3 Å². The van der Waals surface area contributed by atoms with Crippen molar-refractivity contribution in [1.82, 2.24) is 4.90 Å². The summed E-state index contributed by atoms with van der Waals surface area (Å²) < 4.78 is 0. The van der Waals surface area contributed by atoms with Crippen LogP contribution in [0, 0.1) is 0 Å². The Morgan fingerprint density at radius 1 is 1.33 bits per heavy atom. The first-order chi connectivity index (χ1) is 7.40. The summed E-state index contributed by atoms with van der Waals surface area (Å²) in [6, 6.07) is 11.0. The molecule has 2 N–H and O–H groups in total. The first-order valence-corrected chi connectivity index (χ1v) is 5.50. The zero-order valence-electron chi connectivity index (χ0n) is 8.93. The van der Waals surface area contributed by atoms with Gasteiger partial charge >= 0.3 is 0 Å². The molecular formula is C12H18N2O. The molecule has 3 nitrogen and oxygen atoms in total. The third-order valence-corrected chi connectivity index (χ3v) is 3.02. The first kappa shape index (κ1) is 10.6. The number of rotatable bonds is 4. The number of hydrogen-bond acceptors (Lipinski definition) is 3. The minimum atomic E-state index is 0.496. The fourth-order valence-corrected chi connectivity index (χ4v) is 2.22. The molecule has 0 bridgehead atoms. The molecule has 0 aromatic heterocycles. The zero-order chi connectivity index (χ0) is 10.5. The van der Waals surface area contributed by atoms with Gasteiger partial charge in [0, 0.05) is 12.6 Å². The molecule has 1 unspecified atom stereocenters. The van der Waals surface area contributed by atoms with E-state index in [1.165, 1.54) is 18.4 Å². The van der Waals surface area contributed by atoms with Crippen molar-refractivity contribution in [3.63, 3.8) is 0 Å². The van der Waals surface area contributed by atoms with Gasteiger partial charge in [-0.05, 0) is 24.9 Å². The minimum Gasteiger partial charge on any atom is -0.303 e. The van der Waals surface area contributed by atoms with Crippen molar-refractivity contribution < 1.29 is 4.84 Å². The van der Waals surface area contributed by atoms with Gasteiger partial charge in [0.25, 0.3) is 0 Å². The number of hydrogen-bond donors (Lipinski definition) is 1. The van der Waals surface area contributed by atoms with E-state index in [9.17, 15) is 0 Å². The molecule has 3 heteroatoms. The smallest absolute Gasteiger partial charge is 0.0834 e. The van der Waals surface area contributed by atoms with Crippen molar-refractivity contribution in [1.29, 1.82) is 0 Å². The highest BCUT2D eigenvalue weighted by atomic mass is 16.6. The summed E-state index contributed by atoms with van der Waals surface area (Å²) >= 11 is 0. The van der Waals surface area contributed by atoms with E-state index in [0.717, 1.165) is 13.1 Å². The predicted octanol–water partition coefficient (Wildman–Crippen LogP) is 1.54. The van der Waals surface area contributed by atoms with Gasteiger partial charge in [-0.2, -0.15) is 0 Å². The summed E-state index contributed by atoms with van der Waals surface area (Å²) in [4.78, 5) is 7.20. The standard InChI is InChI=1S/C12H18N2O/c13-15-10-12-7-4-8-14(12)9-11-5-2-1-3-6-11/h1-3,5-6,12H,4,7-10,13H2. The summed E-state index contributed by atoms with van der Waals surface area (Å²) in [5.41, 5.74) is 1.36. The topological polar surface area (TPSA) is 38.5 Å². The second-order valence-corrected chi connectivity index (χ2v) is 4.09. The van der Waals surface area contributed by atoms with Crippen LogP contribution in [-0.2, 0) is 11.4 Å². The van der Waals surface area contributed by atoms with E-state index in [1.54, 1.807) is 0 Å². The Kier molecular flexibility index (Phi) is 3.72. The van der Waals surface area contributed by atoms with Crippen LogP contribution in [0.3, 0.4) is 0 Å². The van der Waals surface area contributed by atoms with Gasteiger partial charge in [0.2, 0.25) is 0 Å². The minimum absolute atomic E-state index is 0.496. The molecule has 0 saturated carbocycles. The Hall–Kier alpha value is -0.900. The molecule has 0 amide bonds. The van der Waals surface area contributed by atoms with Crippen LogP contribution in [0.1, 0.15) is 18.4 Å². The van der Waals surface area contributed by atoms with Crippen LogP contribution < -0.4 is 5.90 Å². The summed E-state index contributed by atoms with van der Waals surface area (Å²) in [7, 11) is 0. The molecule has 1 heterocycles. The lowest BCUT2D eigenvalue weighted by Crippen LogP contribution is -2.33. The van der Waals surface area contributed by atoms with Gasteiger partial charge in [-0.15, -0.1) is 0 Å². The lowest BCUT2D eigenvalue weighted by molar-refractivity contribution is 0.0751. The Bertz CT molecular complexity index is 289. The fraction of sp³-hybridized carbons (Fsp3) is 0.500. The number of nitrogens with zero attached hydrogens (tertiary/aromatic N) is 1. The Balaban J connectivity index is 1.93. The van der Waals surface area contributed by atoms with Gasteiger partial charge in [-0.3, -0.25) is 4.90 Å². The van der Waals surface area contributed by atoms with Crippen LogP contribution in [0.5, 0.6) is 0 Å². The Morgan fingerprint density at radius 2 is 2.13 bits per heavy atom. The molecule has 1 aliphatic heterocycles. The third kappa shape index (κ3) is 2.78. The maximum Gasteiger partial charge on any atom is 0.0834 e. The SMILES string of the molecule is NOCC1CCCN1Cc1ccccc1. The summed E-state index contributed by atoms with van der Waals surface area (Å²) in [5.74, 6) is 5.14. The lowest BCUT2D eigenvalue weighted by atomic mass is 10.2. The largest absolute Gasteiger partial charge is 0.303 e. The molecule has 82 valence electrons. The Labute approximate surface area is 90.8 Å². The van der Waals surface area contributed by atoms with E-state index in [-0.39, 0.29) is 0 Å². The highest BCUT2D eigenvalue weighted by molar-refractivity contribution is 5.14. The molecule has 1 atom stereocenters. The van der Waals surface area contributed by atoms with Gasteiger partial charge in [0.05, 0.1) is 6.61 Å². The third-order valence-electron chi connectivity index (χ3n) is 3.02. The second kappa shape index (κ2) is 5.26. The van der Waals surface area contributed by atoms with Crippen molar-refractivity contribution in [3.05, 3.63) is 35.9 Å². The molecule has 0 aliphatic carbocycles. The van der Waals surface area contributed by atoms with Crippen molar-refractivity contribution in [2.45, 2.75) is 25.4 Å². The van der Waals surface area contributed by atoms with Crippen LogP contribution in [0.25, 0.3) is 0 Å². The highest BCUT2D eigenvalue weighted by Crippen LogP contribution is 2.19. The second-order valence-electron chi connectivity index (χ2n) is 4.09. The fourth-order valence-electron chi connectivity index (χ4n) is 2.22. The lowest BCUT2D eigenvalue weighted by Gasteiger charge is -2.23. The quantitative estimate of drug-likeness (QED) is 0.759. The van der Waals surface area contributed by atoms with Crippen molar-refractivity contribution in [3.8, 4) is 0 Å². The van der Waals surface area contributed by atoms with Crippen molar-refractivity contribution >= 4 is 0 Å². The molecule has 0 radical (unpaired) electrons. The molecule has 1 aromatic carbocycles. The molecule has 0 spiro atoms. The van der Waals surface area contributed by atoms with E-state index < -0.39 is 0 Å². The van der Waals surface area contributed by atoms with E-state index in [0.29, 0.717) is 12.6 Å². The molecule has 1 saturated heterocycles. The van der Waals surface area contributed by atoms with E-state index in [1.807, 2.05) is 6.07 Å². The highest BCUT2D eigenvalue weighted by Gasteiger charge is 2.24. The van der Waals surface area contributed by atoms with Gasteiger partial charge in [-0.25, -0.2) is 5.90 Å². The van der Waals surface area contributed by atoms with Crippen LogP contribution in [0.2, 0.25) is 0 Å². The van der Waals surface area contributed by atoms with Crippen molar-refractivity contribution in [2.24, 2.45) is 5.90 Å². The average molecular weight is 206 g/mol. The molecule has 2 rings (SSSR count). The number of likely N-dealkylation sites (tertiary alicyclic amines) is 1. The van der Waals surface area contributed by atoms with Crippen LogP contribution in [0.4, 0.5) is 0 Å². The molecule has 1 fully saturated rings. The molecular weight excluding hydrogens is 188 g/mol. The van der Waals surface area contributed by atoms with Gasteiger partial charge in [0.15, 0.2) is 0 Å². The van der Waals surface area contributed by atoms with Gasteiger partial charge in [-0.1, -0.05) is 30.3 Å². The summed E-state index contributed by atoms with van der Waals surface area (Å²) in [6.07, 6.45) is 2.45. The van der Waals surface area contributed by atoms with E-state index >= 15 is 0 Å². The predicted molar refractivity (Wildman–Crippen MR) is 60.0 cm³/mol. The van der Waals surface area contributed by atoms with Crippen molar-refractivity contribution in [2.75, 3.05) is 13.2 Å². The summed E-state index contributed by atoms with van der Waals surface area (Å²) in [5, 5.41) is 0. The summed E-state index contributed by atoms with van der Waals surface area (Å²) in [6.45, 7) is 2.81.